The topological polar surface area (TPSA) is 87.5 Å². The van der Waals surface area contributed by atoms with E-state index in [0.29, 0.717) is 18.6 Å². The number of aromatic nitrogens is 2. The number of likely N-dealkylation sites (N-methyl/N-ethyl adjacent to an activating group) is 1. The number of nitrogens with zero attached hydrogens (tertiary/aromatic N) is 4. The summed E-state index contributed by atoms with van der Waals surface area (Å²) in [5, 5.41) is 2.87. The maximum absolute atomic E-state index is 12.4. The molecule has 1 aromatic carbocycles. The van der Waals surface area contributed by atoms with Gasteiger partial charge in [-0.15, -0.1) is 0 Å². The quantitative estimate of drug-likeness (QED) is 0.645. The van der Waals surface area contributed by atoms with Gasteiger partial charge in [0.05, 0.1) is 29.0 Å². The third kappa shape index (κ3) is 5.09. The molecular formula is C19H31N5O3S. The number of amides is 1. The number of benzene rings is 1. The number of carbonyl (C=O) groups is 1. The summed E-state index contributed by atoms with van der Waals surface area (Å²) in [6, 6.07) is 5.05. The van der Waals surface area contributed by atoms with E-state index in [1.807, 2.05) is 24.9 Å². The third-order valence-corrected chi connectivity index (χ3v) is 6.23. The molecule has 1 amide bonds. The Bertz CT molecular complexity index is 921. The second kappa shape index (κ2) is 9.49. The van der Waals surface area contributed by atoms with E-state index in [4.69, 9.17) is 0 Å². The fraction of sp³-hybridized carbons (Fsp3) is 0.579. The van der Waals surface area contributed by atoms with Gasteiger partial charge in [0.15, 0.2) is 0 Å². The van der Waals surface area contributed by atoms with E-state index in [1.165, 1.54) is 18.4 Å². The Labute approximate surface area is 167 Å². The van der Waals surface area contributed by atoms with Gasteiger partial charge in [-0.05, 0) is 38.1 Å². The Hall–Kier alpha value is -1.97. The van der Waals surface area contributed by atoms with Crippen LogP contribution in [0.3, 0.4) is 0 Å². The van der Waals surface area contributed by atoms with Crippen LogP contribution in [0, 0.1) is 0 Å². The molecule has 0 aliphatic rings. The van der Waals surface area contributed by atoms with Gasteiger partial charge in [0.1, 0.15) is 5.82 Å². The zero-order valence-electron chi connectivity index (χ0n) is 17.4. The van der Waals surface area contributed by atoms with Gasteiger partial charge in [-0.1, -0.05) is 13.8 Å². The van der Waals surface area contributed by atoms with Crippen molar-refractivity contribution in [3.05, 3.63) is 24.0 Å². The summed E-state index contributed by atoms with van der Waals surface area (Å²) in [7, 11) is 1.39. The minimum absolute atomic E-state index is 0.0122. The fourth-order valence-corrected chi connectivity index (χ4v) is 3.91. The third-order valence-electron chi connectivity index (χ3n) is 4.42. The molecule has 156 valence electrons. The molecule has 1 N–H and O–H groups in total. The number of hydrogen-bond donors (Lipinski definition) is 1. The number of rotatable bonds is 10. The molecule has 0 fully saturated rings. The summed E-state index contributed by atoms with van der Waals surface area (Å²) in [5.41, 5.74) is 1.55. The average molecular weight is 410 g/mol. The van der Waals surface area contributed by atoms with Gasteiger partial charge < -0.3 is 9.88 Å². The summed E-state index contributed by atoms with van der Waals surface area (Å²) >= 11 is 0. The van der Waals surface area contributed by atoms with Gasteiger partial charge in [-0.2, -0.15) is 0 Å². The molecule has 0 aliphatic heterocycles. The Morgan fingerprint density at radius 1 is 1.18 bits per heavy atom. The van der Waals surface area contributed by atoms with E-state index in [2.05, 4.69) is 21.8 Å². The highest BCUT2D eigenvalue weighted by Gasteiger charge is 2.20. The molecule has 0 saturated heterocycles. The molecule has 9 heteroatoms. The van der Waals surface area contributed by atoms with Crippen LogP contribution in [0.25, 0.3) is 11.0 Å². The van der Waals surface area contributed by atoms with E-state index in [0.717, 1.165) is 30.7 Å². The molecule has 2 rings (SSSR count). The number of carbonyl (C=O) groups excluding carboxylic acids is 1. The van der Waals surface area contributed by atoms with Crippen LogP contribution in [-0.2, 0) is 27.9 Å². The normalized spacial score (nSPS) is 12.2. The molecule has 2 aromatic rings. The standard InChI is InChI=1S/C19H31N5O3S/c1-6-10-20-19(25)14-23(5)13-18-21-16-12-15(28(26,27)22(3)4)8-9-17(16)24(18)11-7-2/h8-9,12H,6-7,10-11,13-14H2,1-5H3,(H,20,25). The van der Waals surface area contributed by atoms with Gasteiger partial charge in [-0.25, -0.2) is 17.7 Å². The lowest BCUT2D eigenvalue weighted by molar-refractivity contribution is -0.122. The molecule has 8 nitrogen and oxygen atoms in total. The zero-order valence-corrected chi connectivity index (χ0v) is 18.2. The average Bonchev–Trinajstić information content (AvgIpc) is 2.96. The minimum atomic E-state index is -3.51. The maximum atomic E-state index is 12.4. The second-order valence-electron chi connectivity index (χ2n) is 7.14. The zero-order chi connectivity index (χ0) is 20.9. The number of fused-ring (bicyclic) bond motifs is 1. The predicted molar refractivity (Wildman–Crippen MR) is 111 cm³/mol. The molecule has 0 aliphatic carbocycles. The molecule has 28 heavy (non-hydrogen) atoms. The number of nitrogens with one attached hydrogen (secondary N) is 1. The van der Waals surface area contributed by atoms with Crippen molar-refractivity contribution >= 4 is 27.0 Å². The number of aryl methyl sites for hydroxylation is 1. The SMILES string of the molecule is CCCNC(=O)CN(C)Cc1nc2cc(S(=O)(=O)N(C)C)ccc2n1CCC. The van der Waals surface area contributed by atoms with Gasteiger partial charge >= 0.3 is 0 Å². The number of sulfonamides is 1. The first-order valence-corrected chi connectivity index (χ1v) is 11.0. The lowest BCUT2D eigenvalue weighted by Gasteiger charge is -2.17. The van der Waals surface area contributed by atoms with Crippen LogP contribution in [0.1, 0.15) is 32.5 Å². The van der Waals surface area contributed by atoms with Crippen molar-refractivity contribution in [1.29, 1.82) is 0 Å². The van der Waals surface area contributed by atoms with Crippen LogP contribution in [0.2, 0.25) is 0 Å². The van der Waals surface area contributed by atoms with E-state index < -0.39 is 10.0 Å². The predicted octanol–water partition coefficient (Wildman–Crippen LogP) is 1.65. The first kappa shape index (κ1) is 22.3. The smallest absolute Gasteiger partial charge is 0.242 e. The first-order valence-electron chi connectivity index (χ1n) is 9.57. The maximum Gasteiger partial charge on any atom is 0.242 e. The van der Waals surface area contributed by atoms with Crippen molar-refractivity contribution < 1.29 is 13.2 Å². The van der Waals surface area contributed by atoms with Crippen molar-refractivity contribution in [2.45, 2.75) is 44.7 Å². The highest BCUT2D eigenvalue weighted by molar-refractivity contribution is 7.89. The number of imidazole rings is 1. The Morgan fingerprint density at radius 3 is 2.50 bits per heavy atom. The van der Waals surface area contributed by atoms with Crippen molar-refractivity contribution in [3.63, 3.8) is 0 Å². The van der Waals surface area contributed by atoms with Crippen LogP contribution in [0.15, 0.2) is 23.1 Å². The van der Waals surface area contributed by atoms with Gasteiger partial charge in [-0.3, -0.25) is 9.69 Å². The fourth-order valence-electron chi connectivity index (χ4n) is 2.99. The highest BCUT2D eigenvalue weighted by atomic mass is 32.2. The van der Waals surface area contributed by atoms with Crippen molar-refractivity contribution in [3.8, 4) is 0 Å². The highest BCUT2D eigenvalue weighted by Crippen LogP contribution is 2.23. The molecule has 1 aromatic heterocycles. The monoisotopic (exact) mass is 409 g/mol. The molecule has 0 unspecified atom stereocenters. The molecule has 1 heterocycles. The summed E-state index contributed by atoms with van der Waals surface area (Å²) in [5.74, 6) is 0.809. The summed E-state index contributed by atoms with van der Waals surface area (Å²) < 4.78 is 28.1. The molecule has 0 atom stereocenters. The van der Waals surface area contributed by atoms with Gasteiger partial charge in [0.25, 0.3) is 0 Å². The van der Waals surface area contributed by atoms with Crippen LogP contribution in [0.4, 0.5) is 0 Å². The first-order chi connectivity index (χ1) is 13.2. The van der Waals surface area contributed by atoms with Crippen molar-refractivity contribution in [2.75, 3.05) is 34.2 Å². The summed E-state index contributed by atoms with van der Waals surface area (Å²) in [6.45, 7) is 6.34. The molecule has 0 spiro atoms. The second-order valence-corrected chi connectivity index (χ2v) is 9.29. The van der Waals surface area contributed by atoms with Gasteiger partial charge in [0.2, 0.25) is 15.9 Å². The lowest BCUT2D eigenvalue weighted by Crippen LogP contribution is -2.35. The largest absolute Gasteiger partial charge is 0.355 e. The van der Waals surface area contributed by atoms with E-state index in [1.54, 1.807) is 12.1 Å². The molecule has 0 bridgehead atoms. The molecule has 0 saturated carbocycles. The summed E-state index contributed by atoms with van der Waals surface area (Å²) in [6.07, 6.45) is 1.83. The lowest BCUT2D eigenvalue weighted by atomic mass is 10.3. The van der Waals surface area contributed by atoms with Crippen molar-refractivity contribution in [1.82, 2.24) is 24.1 Å². The van der Waals surface area contributed by atoms with Crippen LogP contribution >= 0.6 is 0 Å². The Morgan fingerprint density at radius 2 is 1.89 bits per heavy atom. The molecular weight excluding hydrogens is 378 g/mol. The van der Waals surface area contributed by atoms with E-state index in [9.17, 15) is 13.2 Å². The molecule has 0 radical (unpaired) electrons. The minimum Gasteiger partial charge on any atom is -0.355 e. The van der Waals surface area contributed by atoms with Crippen LogP contribution in [-0.4, -0.2) is 67.3 Å². The van der Waals surface area contributed by atoms with Crippen LogP contribution in [0.5, 0.6) is 0 Å². The van der Waals surface area contributed by atoms with Crippen molar-refractivity contribution in [2.24, 2.45) is 0 Å². The Balaban J connectivity index is 2.32. The summed E-state index contributed by atoms with van der Waals surface area (Å²) in [4.78, 5) is 18.8. The van der Waals surface area contributed by atoms with Crippen LogP contribution < -0.4 is 5.32 Å². The number of hydrogen-bond acceptors (Lipinski definition) is 5. The van der Waals surface area contributed by atoms with E-state index >= 15 is 0 Å². The Kier molecular flexibility index (Phi) is 7.56. The van der Waals surface area contributed by atoms with Gasteiger partial charge in [0, 0.05) is 27.2 Å². The van der Waals surface area contributed by atoms with E-state index in [-0.39, 0.29) is 17.3 Å².